The van der Waals surface area contributed by atoms with Crippen molar-refractivity contribution in [3.05, 3.63) is 47.0 Å². The van der Waals surface area contributed by atoms with Crippen molar-refractivity contribution in [2.75, 3.05) is 26.7 Å². The van der Waals surface area contributed by atoms with Crippen molar-refractivity contribution in [3.8, 4) is 22.2 Å². The number of benzene rings is 1. The summed E-state index contributed by atoms with van der Waals surface area (Å²) in [5.41, 5.74) is 1.71. The number of carbonyl (C=O) groups is 4. The molecule has 9 rings (SSSR count). The number of aryl methyl sites for hydroxylation is 1. The van der Waals surface area contributed by atoms with Crippen LogP contribution in [0.5, 0.6) is 11.5 Å². The van der Waals surface area contributed by atoms with E-state index in [1.165, 1.54) is 16.2 Å². The number of pyridine rings is 1. The number of nitrogens with one attached hydrogen (secondary N) is 3. The van der Waals surface area contributed by atoms with E-state index in [0.717, 1.165) is 60.2 Å². The van der Waals surface area contributed by atoms with Crippen molar-refractivity contribution in [1.82, 2.24) is 35.1 Å². The summed E-state index contributed by atoms with van der Waals surface area (Å²) in [6.07, 6.45) is 11.0. The maximum absolute atomic E-state index is 14.7. The second kappa shape index (κ2) is 15.7. The third-order valence-corrected chi connectivity index (χ3v) is 15.4. The molecule has 5 amide bonds. The smallest absolute Gasteiger partial charge is 0.318 e. The van der Waals surface area contributed by atoms with E-state index >= 15 is 0 Å². The van der Waals surface area contributed by atoms with Gasteiger partial charge < -0.3 is 29.9 Å². The molecule has 3 saturated carbocycles. The molecule has 0 radical (unpaired) electrons. The van der Waals surface area contributed by atoms with Crippen LogP contribution >= 0.6 is 11.3 Å². The van der Waals surface area contributed by atoms with Crippen LogP contribution in [0.2, 0.25) is 0 Å². The molecule has 0 bridgehead atoms. The van der Waals surface area contributed by atoms with E-state index in [2.05, 4.69) is 20.7 Å². The van der Waals surface area contributed by atoms with Crippen LogP contribution in [0.1, 0.15) is 94.2 Å². The Balaban J connectivity index is 1.05. The summed E-state index contributed by atoms with van der Waals surface area (Å²) in [6.45, 7) is 3.19. The van der Waals surface area contributed by atoms with Crippen molar-refractivity contribution in [1.29, 1.82) is 0 Å². The first kappa shape index (κ1) is 39.7. The molecule has 3 N–H and O–H groups in total. The molecule has 6 aliphatic rings. The Hall–Kier alpha value is -4.77. The van der Waals surface area contributed by atoms with Crippen LogP contribution in [-0.2, 0) is 24.4 Å². The molecule has 314 valence electrons. The normalized spacial score (nSPS) is 27.4. The highest BCUT2D eigenvalue weighted by Gasteiger charge is 2.62. The fraction of sp³-hybridized carbons (Fsp3) is 0.571. The van der Waals surface area contributed by atoms with Crippen LogP contribution in [0.25, 0.3) is 21.6 Å². The lowest BCUT2D eigenvalue weighted by Crippen LogP contribution is -2.59. The molecule has 2 saturated heterocycles. The van der Waals surface area contributed by atoms with E-state index in [9.17, 15) is 27.6 Å². The second-order valence-corrected chi connectivity index (χ2v) is 19.8. The zero-order valence-corrected chi connectivity index (χ0v) is 35.0. The molecular formula is C42H51N7O8S2. The van der Waals surface area contributed by atoms with E-state index < -0.39 is 62.6 Å². The average molecular weight is 846 g/mol. The molecule has 3 aliphatic carbocycles. The quantitative estimate of drug-likeness (QED) is 0.255. The van der Waals surface area contributed by atoms with Gasteiger partial charge in [0.2, 0.25) is 21.8 Å². The largest absolute Gasteiger partial charge is 0.496 e. The lowest BCUT2D eigenvalue weighted by atomic mass is 10.0. The van der Waals surface area contributed by atoms with Gasteiger partial charge in [0, 0.05) is 53.7 Å². The number of likely N-dealkylation sites (tertiary alicyclic amines) is 1. The van der Waals surface area contributed by atoms with Gasteiger partial charge in [0.05, 0.1) is 30.1 Å². The monoisotopic (exact) mass is 845 g/mol. The van der Waals surface area contributed by atoms with E-state index in [0.29, 0.717) is 67.4 Å². The number of hydrogen-bond acceptors (Lipinski definition) is 11. The molecule has 5 atom stereocenters. The lowest BCUT2D eigenvalue weighted by Gasteiger charge is -2.34. The molecular weight excluding hydrogens is 795 g/mol. The van der Waals surface area contributed by atoms with Gasteiger partial charge in [0.1, 0.15) is 45.9 Å². The SMILES string of the molecule is COc1ccc2c(O[C@@H]3C[C@H]4C(=O)N[C@]5(C(=O)NS(=O)(=O)C6CC6)C[C@H]5C=CCCCCC[C@H](NC(=O)N5CCC5)C(=O)N4C3)cc(-c3nc(C4CC4)cs3)nc2c1C. The number of hydrogen-bond donors (Lipinski definition) is 3. The molecule has 2 aromatic heterocycles. The molecule has 17 heteroatoms. The van der Waals surface area contributed by atoms with Crippen molar-refractivity contribution in [2.45, 2.75) is 119 Å². The van der Waals surface area contributed by atoms with Gasteiger partial charge in [-0.05, 0) is 76.8 Å². The molecule has 3 aromatic rings. The number of fused-ring (bicyclic) bond motifs is 3. The van der Waals surface area contributed by atoms with Crippen molar-refractivity contribution < 1.29 is 37.1 Å². The number of aromatic nitrogens is 2. The second-order valence-electron chi connectivity index (χ2n) is 17.0. The number of allylic oxidation sites excluding steroid dienone is 1. The Morgan fingerprint density at radius 1 is 1.02 bits per heavy atom. The van der Waals surface area contributed by atoms with Crippen LogP contribution in [0, 0.1) is 12.8 Å². The van der Waals surface area contributed by atoms with E-state index in [4.69, 9.17) is 19.4 Å². The van der Waals surface area contributed by atoms with Crippen molar-refractivity contribution in [2.24, 2.45) is 5.92 Å². The Morgan fingerprint density at radius 3 is 2.56 bits per heavy atom. The number of thiazole rings is 1. The fourth-order valence-electron chi connectivity index (χ4n) is 8.56. The summed E-state index contributed by atoms with van der Waals surface area (Å²) < 4.78 is 40.6. The van der Waals surface area contributed by atoms with Crippen LogP contribution in [0.3, 0.4) is 0 Å². The average Bonchev–Trinajstić information content (AvgIpc) is 4.14. The predicted octanol–water partition coefficient (Wildman–Crippen LogP) is 4.69. The molecule has 5 fully saturated rings. The number of amides is 5. The van der Waals surface area contributed by atoms with Crippen LogP contribution < -0.4 is 24.8 Å². The summed E-state index contributed by atoms with van der Waals surface area (Å²) in [5, 5.41) is 8.86. The molecule has 1 aromatic carbocycles. The number of rotatable bonds is 9. The minimum absolute atomic E-state index is 0.0307. The first-order valence-electron chi connectivity index (χ1n) is 21.0. The van der Waals surface area contributed by atoms with Crippen molar-refractivity contribution >= 4 is 56.0 Å². The van der Waals surface area contributed by atoms with Crippen LogP contribution in [0.4, 0.5) is 4.79 Å². The first-order chi connectivity index (χ1) is 28.4. The number of methoxy groups -OCH3 is 1. The van der Waals surface area contributed by atoms with Gasteiger partial charge in [-0.15, -0.1) is 11.3 Å². The van der Waals surface area contributed by atoms with Crippen LogP contribution in [-0.4, -0.2) is 108 Å². The van der Waals surface area contributed by atoms with Crippen molar-refractivity contribution in [3.63, 3.8) is 0 Å². The van der Waals surface area contributed by atoms with E-state index in [-0.39, 0.29) is 25.4 Å². The van der Waals surface area contributed by atoms with Gasteiger partial charge >= 0.3 is 6.03 Å². The summed E-state index contributed by atoms with van der Waals surface area (Å²) in [5.74, 6) is -0.526. The third-order valence-electron chi connectivity index (χ3n) is 12.7. The molecule has 15 nitrogen and oxygen atoms in total. The molecule has 0 spiro atoms. The van der Waals surface area contributed by atoms with E-state index in [1.54, 1.807) is 12.0 Å². The maximum Gasteiger partial charge on any atom is 0.318 e. The van der Waals surface area contributed by atoms with Crippen LogP contribution in [0.15, 0.2) is 35.7 Å². The zero-order valence-electron chi connectivity index (χ0n) is 33.4. The maximum atomic E-state index is 14.7. The molecule has 5 heterocycles. The first-order valence-corrected chi connectivity index (χ1v) is 23.4. The Bertz CT molecular complexity index is 2320. The zero-order chi connectivity index (χ0) is 41.1. The summed E-state index contributed by atoms with van der Waals surface area (Å²) in [4.78, 5) is 69.6. The highest BCUT2D eigenvalue weighted by atomic mass is 32.2. The molecule has 0 unspecified atom stereocenters. The molecule has 3 aliphatic heterocycles. The molecule has 59 heavy (non-hydrogen) atoms. The fourth-order valence-corrected chi connectivity index (χ4v) is 10.8. The summed E-state index contributed by atoms with van der Waals surface area (Å²) in [6, 6.07) is 3.32. The number of urea groups is 1. The van der Waals surface area contributed by atoms with Gasteiger partial charge in [-0.1, -0.05) is 25.0 Å². The third kappa shape index (κ3) is 7.99. The minimum atomic E-state index is -3.89. The van der Waals surface area contributed by atoms with Gasteiger partial charge in [0.25, 0.3) is 5.91 Å². The number of sulfonamides is 1. The van der Waals surface area contributed by atoms with Gasteiger partial charge in [-0.25, -0.2) is 23.2 Å². The standard InChI is InChI=1S/C42H51N7O8S2/c1-24-34(56-2)16-15-29-35(20-31(43-36(24)29)38-44-32(23-58-38)25-11-12-25)57-27-19-33-37(50)46-42(40(52)47-59(54,55)28-13-14-28)21-26(42)9-6-4-3-5-7-10-30(39(51)49(33)22-27)45-41(53)48-17-8-18-48/h6,9,15-16,20,23,25-28,30,33H,3-5,7-8,10-14,17-19,21-22H2,1-2H3,(H,45,53)(H,46,50)(H,47,52)/t26-,27-,30+,33+,42-/m1/s1. The predicted molar refractivity (Wildman–Crippen MR) is 220 cm³/mol. The van der Waals surface area contributed by atoms with E-state index in [1.807, 2.05) is 37.3 Å². The minimum Gasteiger partial charge on any atom is -0.496 e. The highest BCUT2D eigenvalue weighted by molar-refractivity contribution is 7.91. The topological polar surface area (TPSA) is 189 Å². The number of ether oxygens (including phenoxy) is 2. The van der Waals surface area contributed by atoms with Gasteiger partial charge in [-0.2, -0.15) is 0 Å². The van der Waals surface area contributed by atoms with Gasteiger partial charge in [-0.3, -0.25) is 19.1 Å². The Labute approximate surface area is 347 Å². The number of carbonyl (C=O) groups excluding carboxylic acids is 4. The Kier molecular flexibility index (Phi) is 10.5. The Morgan fingerprint density at radius 2 is 1.83 bits per heavy atom. The summed E-state index contributed by atoms with van der Waals surface area (Å²) in [7, 11) is -2.28. The lowest BCUT2D eigenvalue weighted by molar-refractivity contribution is -0.141. The highest BCUT2D eigenvalue weighted by Crippen LogP contribution is 2.47. The van der Waals surface area contributed by atoms with Gasteiger partial charge in [0.15, 0.2) is 0 Å². The summed E-state index contributed by atoms with van der Waals surface area (Å²) >= 11 is 1.53. The number of nitrogens with zero attached hydrogens (tertiary/aromatic N) is 4.